The van der Waals surface area contributed by atoms with Crippen molar-refractivity contribution in [3.63, 3.8) is 0 Å². The Morgan fingerprint density at radius 1 is 0.517 bits per heavy atom. The fourth-order valence-electron chi connectivity index (χ4n) is 11.2. The first-order valence-corrected chi connectivity index (χ1v) is 39.1. The average molecular weight is 916 g/mol. The van der Waals surface area contributed by atoms with Crippen LogP contribution in [-0.4, -0.2) is 45.2 Å². The molecule has 2 aliphatic carbocycles. The van der Waals surface area contributed by atoms with Gasteiger partial charge in [0.1, 0.15) is 0 Å². The molecule has 0 N–H and O–H groups in total. The molecule has 0 fully saturated rings. The molecule has 0 saturated carbocycles. The van der Waals surface area contributed by atoms with Gasteiger partial charge in [0, 0.05) is 0 Å². The van der Waals surface area contributed by atoms with Crippen LogP contribution in [0.1, 0.15) is 112 Å². The van der Waals surface area contributed by atoms with Crippen molar-refractivity contribution in [2.24, 2.45) is 11.8 Å². The second-order valence-corrected chi connectivity index (χ2v) is 61.3. The number of quaternary nitrogens is 2. The molecule has 2 unspecified atom stereocenters. The third-order valence-corrected chi connectivity index (χ3v) is 66.7. The summed E-state index contributed by atoms with van der Waals surface area (Å²) < 4.78 is 2.16. The summed E-state index contributed by atoms with van der Waals surface area (Å²) in [6.07, 6.45) is 7.11. The van der Waals surface area contributed by atoms with E-state index in [0.29, 0.717) is 11.8 Å². The van der Waals surface area contributed by atoms with Crippen LogP contribution in [-0.2, 0) is 15.6 Å². The van der Waals surface area contributed by atoms with Crippen LogP contribution in [0, 0.1) is 11.8 Å². The Morgan fingerprint density at radius 3 is 1.12 bits per heavy atom. The van der Waals surface area contributed by atoms with Crippen molar-refractivity contribution >= 4 is 46.5 Å². The third kappa shape index (κ3) is 7.73. The molecule has 0 bridgehead atoms. The molecule has 0 amide bonds. The van der Waals surface area contributed by atoms with E-state index in [1.54, 1.807) is 0 Å². The van der Waals surface area contributed by atoms with Gasteiger partial charge in [-0.1, -0.05) is 0 Å². The molecule has 0 aromatic heterocycles. The van der Waals surface area contributed by atoms with Crippen molar-refractivity contribution in [1.82, 2.24) is 8.97 Å². The fourth-order valence-corrected chi connectivity index (χ4v) is 42.6. The van der Waals surface area contributed by atoms with Crippen molar-refractivity contribution in [2.45, 2.75) is 102 Å². The van der Waals surface area contributed by atoms with E-state index in [0.717, 1.165) is 61.1 Å². The van der Waals surface area contributed by atoms with Gasteiger partial charge in [0.25, 0.3) is 0 Å². The molecule has 58 heavy (non-hydrogen) atoms. The first-order valence-electron chi connectivity index (χ1n) is 22.8. The summed E-state index contributed by atoms with van der Waals surface area (Å²) in [4.78, 5) is 0. The SMILES string of the molecule is CC[N+](CC)(CC)c1ccc(-c2cccc3c2C=C(CC(C)C)[CH]3[Zr]([Cl])([Cl])([CH]2C(CC(C)C)=Cc3c(-c4ccc([N+](CC)(CC)CC)cc4)cccc32)[SiH](C)C)cc1. The van der Waals surface area contributed by atoms with Gasteiger partial charge in [0.05, 0.1) is 0 Å². The van der Waals surface area contributed by atoms with Crippen molar-refractivity contribution in [2.75, 3.05) is 39.3 Å². The van der Waals surface area contributed by atoms with E-state index in [4.69, 9.17) is 17.0 Å². The van der Waals surface area contributed by atoms with Gasteiger partial charge in [0.15, 0.2) is 0 Å². The predicted octanol–water partition coefficient (Wildman–Crippen LogP) is 15.4. The van der Waals surface area contributed by atoms with Crippen molar-refractivity contribution < 1.29 is 15.6 Å². The number of allylic oxidation sites excluding steroid dienone is 2. The zero-order valence-corrected chi connectivity index (χ0v) is 43.1. The van der Waals surface area contributed by atoms with Gasteiger partial charge >= 0.3 is 365 Å². The van der Waals surface area contributed by atoms with E-state index >= 15 is 0 Å². The average Bonchev–Trinajstić information content (AvgIpc) is 3.78. The zero-order chi connectivity index (χ0) is 42.2. The second kappa shape index (κ2) is 17.7. The molecule has 0 saturated heterocycles. The van der Waals surface area contributed by atoms with E-state index < -0.39 is 21.5 Å². The van der Waals surface area contributed by atoms with E-state index in [1.807, 2.05) is 0 Å². The topological polar surface area (TPSA) is 0 Å². The first kappa shape index (κ1) is 45.5. The molecule has 0 heterocycles. The van der Waals surface area contributed by atoms with E-state index in [1.165, 1.54) is 67.0 Å². The van der Waals surface area contributed by atoms with Crippen molar-refractivity contribution in [3.05, 3.63) is 118 Å². The van der Waals surface area contributed by atoms with Crippen LogP contribution in [0.15, 0.2) is 96.1 Å². The van der Waals surface area contributed by atoms with E-state index in [-0.39, 0.29) is 7.25 Å². The summed E-state index contributed by atoms with van der Waals surface area (Å²) in [5.74, 6) is -0.712. The molecule has 4 aromatic rings. The minimum absolute atomic E-state index is 0.0788. The maximum atomic E-state index is 8.94. The Kier molecular flexibility index (Phi) is 13.9. The van der Waals surface area contributed by atoms with E-state index in [2.05, 4.69) is 179 Å². The number of nitrogens with zero attached hydrogens (tertiary/aromatic N) is 2. The Bertz CT molecular complexity index is 1980. The Hall–Kier alpha value is -2.04. The molecule has 2 nitrogen and oxygen atoms in total. The Morgan fingerprint density at radius 2 is 0.845 bits per heavy atom. The van der Waals surface area contributed by atoms with Gasteiger partial charge in [-0.05, 0) is 0 Å². The van der Waals surface area contributed by atoms with E-state index in [9.17, 15) is 0 Å². The number of fused-ring (bicyclic) bond motifs is 2. The molecule has 6 rings (SSSR count). The van der Waals surface area contributed by atoms with Gasteiger partial charge in [-0.2, -0.15) is 0 Å². The third-order valence-electron chi connectivity index (χ3n) is 14.9. The van der Waals surface area contributed by atoms with Gasteiger partial charge in [-0.15, -0.1) is 0 Å². The normalized spacial score (nSPS) is 17.7. The molecule has 0 spiro atoms. The Labute approximate surface area is 362 Å². The summed E-state index contributed by atoms with van der Waals surface area (Å²) in [5, 5.41) is 0. The van der Waals surface area contributed by atoms with Gasteiger partial charge in [-0.3, -0.25) is 0 Å². The number of halogens is 2. The van der Waals surface area contributed by atoms with Crippen LogP contribution in [0.2, 0.25) is 13.1 Å². The van der Waals surface area contributed by atoms with Crippen molar-refractivity contribution in [1.29, 1.82) is 0 Å². The minimum atomic E-state index is -4.98. The van der Waals surface area contributed by atoms with Crippen LogP contribution >= 0.6 is 17.0 Å². The predicted molar refractivity (Wildman–Crippen MR) is 262 cm³/mol. The molecule has 2 aliphatic rings. The molecule has 0 radical (unpaired) electrons. The monoisotopic (exact) mass is 913 g/mol. The molecule has 4 aromatic carbocycles. The fraction of sp³-hybridized carbons (Fsp3) is 0.462. The molecular weight excluding hydrogens is 843 g/mol. The maximum absolute atomic E-state index is 8.94. The standard InChI is InChI=1S/2C25H33N.C2H7Si.2ClH.Zr/c2*1-6-26(7-2,8-3)23-14-12-21(13-15-23)24-11-9-10-22-17-20(16-19(4)5)18-25(22)24;1-3-2;;;/h2*9-15,17-19H,6-8,16H2,1-5H3;3H,1-2H3;2*1H;/q2*+1;;;;+2/p-2. The van der Waals surface area contributed by atoms with Gasteiger partial charge in [-0.25, -0.2) is 0 Å². The zero-order valence-electron chi connectivity index (χ0n) is 37.9. The molecule has 0 aliphatic heterocycles. The molecule has 2 atom stereocenters. The molecule has 311 valence electrons. The quantitative estimate of drug-likeness (QED) is 0.0731. The summed E-state index contributed by atoms with van der Waals surface area (Å²) in [6, 6.07) is 33.0. The van der Waals surface area contributed by atoms with Crippen molar-refractivity contribution in [3.8, 4) is 22.3 Å². The van der Waals surface area contributed by atoms with Crippen LogP contribution in [0.5, 0.6) is 0 Å². The van der Waals surface area contributed by atoms with Gasteiger partial charge < -0.3 is 0 Å². The van der Waals surface area contributed by atoms with Crippen LogP contribution in [0.4, 0.5) is 11.4 Å². The number of benzene rings is 4. The second-order valence-electron chi connectivity index (χ2n) is 18.8. The van der Waals surface area contributed by atoms with Crippen LogP contribution in [0.3, 0.4) is 0 Å². The summed E-state index contributed by atoms with van der Waals surface area (Å²) in [7, 11) is 17.9. The summed E-state index contributed by atoms with van der Waals surface area (Å²) in [6.45, 7) is 34.9. The molecule has 6 heteroatoms. The number of rotatable bonds is 17. The number of hydrogen-bond donors (Lipinski definition) is 0. The Balaban J connectivity index is 1.53. The molecular formula is C52H73Cl2N2SiZr+2. The first-order chi connectivity index (χ1) is 27.6. The summed E-state index contributed by atoms with van der Waals surface area (Å²) >= 11 is -4.98. The number of hydrogen-bond acceptors (Lipinski definition) is 0. The van der Waals surface area contributed by atoms with Crippen LogP contribution in [0.25, 0.3) is 34.4 Å². The van der Waals surface area contributed by atoms with Gasteiger partial charge in [0.2, 0.25) is 0 Å². The summed E-state index contributed by atoms with van der Waals surface area (Å²) in [5.41, 5.74) is 16.3. The van der Waals surface area contributed by atoms with Crippen LogP contribution < -0.4 is 8.97 Å².